The van der Waals surface area contributed by atoms with Gasteiger partial charge in [-0.2, -0.15) is 0 Å². The highest BCUT2D eigenvalue weighted by Gasteiger charge is 2.60. The Morgan fingerprint density at radius 1 is 0.938 bits per heavy atom. The number of amides is 2. The van der Waals surface area contributed by atoms with Crippen LogP contribution in [0, 0.1) is 5.92 Å². The average molecular weight is 514 g/mol. The largest absolute Gasteiger partial charge is 0.496 e. The third kappa shape index (κ3) is 3.37. The van der Waals surface area contributed by atoms with Crippen LogP contribution in [0.2, 0.25) is 5.02 Å². The van der Waals surface area contributed by atoms with Crippen molar-refractivity contribution in [3.63, 3.8) is 0 Å². The molecule has 162 valence electrons. The molecule has 0 unspecified atom stereocenters. The molecule has 2 fully saturated rings. The summed E-state index contributed by atoms with van der Waals surface area (Å²) in [7, 11) is 1.58. The molecule has 0 radical (unpaired) electrons. The molecule has 2 aliphatic heterocycles. The van der Waals surface area contributed by atoms with Gasteiger partial charge < -0.3 is 4.74 Å². The molecule has 2 aliphatic rings. The topological polar surface area (TPSA) is 59.1 Å². The van der Waals surface area contributed by atoms with Crippen molar-refractivity contribution in [3.05, 3.63) is 87.9 Å². The minimum Gasteiger partial charge on any atom is -0.496 e. The third-order valence-corrected chi connectivity index (χ3v) is 6.43. The number of para-hydroxylation sites is 1. The van der Waals surface area contributed by atoms with Crippen molar-refractivity contribution in [3.8, 4) is 5.75 Å². The number of fused-ring (bicyclic) bond motifs is 1. The van der Waals surface area contributed by atoms with Crippen molar-refractivity contribution in [2.24, 2.45) is 5.92 Å². The van der Waals surface area contributed by atoms with Crippen LogP contribution in [0.15, 0.2) is 77.3 Å². The van der Waals surface area contributed by atoms with Crippen LogP contribution in [0.1, 0.15) is 11.6 Å². The lowest BCUT2D eigenvalue weighted by atomic mass is 9.90. The number of methoxy groups -OCH3 is 1. The molecule has 2 amide bonds. The number of benzene rings is 3. The molecule has 0 aromatic heterocycles. The highest BCUT2D eigenvalue weighted by molar-refractivity contribution is 9.10. The quantitative estimate of drug-likeness (QED) is 0.451. The Hall–Kier alpha value is -2.87. The van der Waals surface area contributed by atoms with Gasteiger partial charge in [-0.25, -0.2) is 9.96 Å². The molecular formula is C24H18BrClN2O4. The molecule has 0 aliphatic carbocycles. The van der Waals surface area contributed by atoms with Crippen molar-refractivity contribution in [2.75, 3.05) is 17.1 Å². The van der Waals surface area contributed by atoms with Crippen molar-refractivity contribution >= 4 is 50.7 Å². The first-order chi connectivity index (χ1) is 15.5. The lowest BCUT2D eigenvalue weighted by Gasteiger charge is -2.29. The van der Waals surface area contributed by atoms with Crippen LogP contribution in [-0.4, -0.2) is 25.0 Å². The summed E-state index contributed by atoms with van der Waals surface area (Å²) in [6.07, 6.45) is -0.963. The molecule has 2 saturated heterocycles. The number of carbonyl (C=O) groups is 2. The molecule has 6 nitrogen and oxygen atoms in total. The zero-order valence-corrected chi connectivity index (χ0v) is 19.3. The highest BCUT2D eigenvalue weighted by Crippen LogP contribution is 2.50. The van der Waals surface area contributed by atoms with Gasteiger partial charge in [0.25, 0.3) is 5.91 Å². The first-order valence-corrected chi connectivity index (χ1v) is 11.1. The fourth-order valence-electron chi connectivity index (χ4n) is 4.34. The number of hydrogen-bond acceptors (Lipinski definition) is 5. The summed E-state index contributed by atoms with van der Waals surface area (Å²) in [6.45, 7) is 0. The summed E-state index contributed by atoms with van der Waals surface area (Å²) in [6, 6.07) is 21.1. The summed E-state index contributed by atoms with van der Waals surface area (Å²) in [4.78, 5) is 34.3. The van der Waals surface area contributed by atoms with Gasteiger partial charge in [0.1, 0.15) is 11.7 Å². The maximum atomic E-state index is 13.7. The molecule has 3 aromatic rings. The van der Waals surface area contributed by atoms with Gasteiger partial charge >= 0.3 is 0 Å². The molecule has 0 bridgehead atoms. The number of hydroxylamine groups is 1. The van der Waals surface area contributed by atoms with E-state index in [0.717, 1.165) is 15.7 Å². The number of hydrogen-bond donors (Lipinski definition) is 0. The highest BCUT2D eigenvalue weighted by atomic mass is 79.9. The van der Waals surface area contributed by atoms with Gasteiger partial charge in [0.2, 0.25) is 5.91 Å². The Bertz CT molecular complexity index is 1210. The number of nitrogens with zero attached hydrogens (tertiary/aromatic N) is 2. The van der Waals surface area contributed by atoms with E-state index in [1.807, 2.05) is 48.5 Å². The van der Waals surface area contributed by atoms with Crippen molar-refractivity contribution in [2.45, 2.75) is 12.1 Å². The number of imide groups is 1. The normalized spacial score (nSPS) is 22.4. The van der Waals surface area contributed by atoms with Crippen LogP contribution >= 0.6 is 27.5 Å². The lowest BCUT2D eigenvalue weighted by molar-refractivity contribution is -0.126. The second-order valence-corrected chi connectivity index (χ2v) is 8.89. The fourth-order valence-corrected chi connectivity index (χ4v) is 4.90. The van der Waals surface area contributed by atoms with Gasteiger partial charge in [-0.1, -0.05) is 51.8 Å². The van der Waals surface area contributed by atoms with Crippen LogP contribution in [0.3, 0.4) is 0 Å². The third-order valence-electron chi connectivity index (χ3n) is 5.70. The predicted octanol–water partition coefficient (Wildman–Crippen LogP) is 5.16. The molecule has 2 heterocycles. The number of rotatable bonds is 4. The van der Waals surface area contributed by atoms with E-state index in [-0.39, 0.29) is 5.91 Å². The number of ether oxygens (including phenoxy) is 1. The van der Waals surface area contributed by atoms with E-state index in [9.17, 15) is 9.59 Å². The summed E-state index contributed by atoms with van der Waals surface area (Å²) in [5, 5.41) is 2.09. The van der Waals surface area contributed by atoms with Crippen molar-refractivity contribution < 1.29 is 19.2 Å². The van der Waals surface area contributed by atoms with Gasteiger partial charge in [-0.3, -0.25) is 14.4 Å². The van der Waals surface area contributed by atoms with E-state index in [0.29, 0.717) is 16.5 Å². The van der Waals surface area contributed by atoms with Gasteiger partial charge in [0.15, 0.2) is 6.10 Å². The molecular weight excluding hydrogens is 496 g/mol. The molecule has 32 heavy (non-hydrogen) atoms. The van der Waals surface area contributed by atoms with Crippen molar-refractivity contribution in [1.29, 1.82) is 0 Å². The summed E-state index contributed by atoms with van der Waals surface area (Å²) >= 11 is 9.63. The van der Waals surface area contributed by atoms with E-state index >= 15 is 0 Å². The second kappa shape index (κ2) is 8.24. The number of halogens is 2. The number of carbonyl (C=O) groups excluding carboxylic acids is 2. The summed E-state index contributed by atoms with van der Waals surface area (Å²) in [5.74, 6) is -0.915. The van der Waals surface area contributed by atoms with Crippen LogP contribution in [0.4, 0.5) is 11.4 Å². The van der Waals surface area contributed by atoms with Gasteiger partial charge in [0, 0.05) is 15.1 Å². The molecule has 3 atom stereocenters. The maximum absolute atomic E-state index is 13.7. The zero-order chi connectivity index (χ0) is 22.4. The summed E-state index contributed by atoms with van der Waals surface area (Å²) < 4.78 is 6.43. The van der Waals surface area contributed by atoms with Crippen LogP contribution in [-0.2, 0) is 14.4 Å². The monoisotopic (exact) mass is 512 g/mol. The van der Waals surface area contributed by atoms with E-state index in [1.165, 1.54) is 4.90 Å². The Morgan fingerprint density at radius 2 is 1.69 bits per heavy atom. The standard InChI is InChI=1S/C24H18BrClN2O4/c1-31-19-11-10-14(25)12-18(19)21-20-22(32-28(21)16-7-3-2-4-8-16)24(30)27(23(20)29)17-9-5-6-15(26)13-17/h2-13,20-22H,1H3/t20-,21+,22-/m1/s1. The molecule has 8 heteroatoms. The first-order valence-electron chi connectivity index (χ1n) is 9.97. The minimum absolute atomic E-state index is 0.340. The lowest BCUT2D eigenvalue weighted by Crippen LogP contribution is -2.37. The Balaban J connectivity index is 1.64. The van der Waals surface area contributed by atoms with E-state index in [1.54, 1.807) is 36.4 Å². The first kappa shape index (κ1) is 21.0. The van der Waals surface area contributed by atoms with Crippen LogP contribution < -0.4 is 14.7 Å². The molecule has 0 N–H and O–H groups in total. The van der Waals surface area contributed by atoms with Crippen molar-refractivity contribution in [1.82, 2.24) is 0 Å². The van der Waals surface area contributed by atoms with E-state index in [4.69, 9.17) is 21.2 Å². The number of anilines is 2. The molecule has 0 saturated carbocycles. The Kier molecular flexibility index (Phi) is 5.41. The Morgan fingerprint density at radius 3 is 2.41 bits per heavy atom. The smallest absolute Gasteiger partial charge is 0.266 e. The SMILES string of the molecule is COc1ccc(Br)cc1[C@H]1[C@H]2C(=O)N(c3cccc(Cl)c3)C(=O)[C@@H]2ON1c1ccccc1. The Labute approximate surface area is 198 Å². The van der Waals surface area contributed by atoms with Gasteiger partial charge in [0.05, 0.1) is 24.5 Å². The van der Waals surface area contributed by atoms with E-state index < -0.39 is 24.0 Å². The van der Waals surface area contributed by atoms with Gasteiger partial charge in [-0.05, 0) is 48.5 Å². The molecule has 3 aromatic carbocycles. The fraction of sp³-hybridized carbons (Fsp3) is 0.167. The average Bonchev–Trinajstić information content (AvgIpc) is 3.30. The summed E-state index contributed by atoms with van der Waals surface area (Å²) in [5.41, 5.74) is 1.91. The molecule has 5 rings (SSSR count). The van der Waals surface area contributed by atoms with E-state index in [2.05, 4.69) is 15.9 Å². The zero-order valence-electron chi connectivity index (χ0n) is 16.9. The second-order valence-electron chi connectivity index (χ2n) is 7.54. The van der Waals surface area contributed by atoms with Crippen LogP contribution in [0.5, 0.6) is 5.75 Å². The molecule has 0 spiro atoms. The van der Waals surface area contributed by atoms with Gasteiger partial charge in [-0.15, -0.1) is 0 Å². The minimum atomic E-state index is -0.963. The maximum Gasteiger partial charge on any atom is 0.266 e. The van der Waals surface area contributed by atoms with Crippen LogP contribution in [0.25, 0.3) is 0 Å². The predicted molar refractivity (Wildman–Crippen MR) is 125 cm³/mol.